The van der Waals surface area contributed by atoms with Gasteiger partial charge in [0.05, 0.1) is 12.2 Å². The molecular formula is C28H22ClNO5. The zero-order valence-electron chi connectivity index (χ0n) is 19.2. The van der Waals surface area contributed by atoms with Crippen molar-refractivity contribution < 1.29 is 23.9 Å². The maximum Gasteiger partial charge on any atom is 0.335 e. The van der Waals surface area contributed by atoms with Crippen LogP contribution < -0.4 is 4.74 Å². The van der Waals surface area contributed by atoms with Crippen LogP contribution in [0.5, 0.6) is 5.75 Å². The smallest absolute Gasteiger partial charge is 0.335 e. The summed E-state index contributed by atoms with van der Waals surface area (Å²) in [5.74, 6) is -1.61. The van der Waals surface area contributed by atoms with E-state index in [0.717, 1.165) is 5.56 Å². The maximum absolute atomic E-state index is 14.3. The van der Waals surface area contributed by atoms with Gasteiger partial charge in [0.25, 0.3) is 5.91 Å². The van der Waals surface area contributed by atoms with E-state index in [1.54, 1.807) is 60.4 Å². The molecule has 6 nitrogen and oxygen atoms in total. The summed E-state index contributed by atoms with van der Waals surface area (Å²) < 4.78 is 11.4. The summed E-state index contributed by atoms with van der Waals surface area (Å²) in [6.07, 6.45) is -1.17. The zero-order valence-corrected chi connectivity index (χ0v) is 19.9. The van der Waals surface area contributed by atoms with Gasteiger partial charge in [-0.3, -0.25) is 9.59 Å². The Kier molecular flexibility index (Phi) is 5.69. The Bertz CT molecular complexity index is 1370. The Morgan fingerprint density at radius 2 is 1.66 bits per heavy atom. The number of carbonyl (C=O) groups is 3. The van der Waals surface area contributed by atoms with Crippen molar-refractivity contribution in [2.45, 2.75) is 26.5 Å². The Balaban J connectivity index is 1.75. The highest BCUT2D eigenvalue weighted by molar-refractivity contribution is 6.30. The minimum atomic E-state index is -1.86. The number of para-hydroxylation sites is 1. The van der Waals surface area contributed by atoms with Gasteiger partial charge in [-0.05, 0) is 41.8 Å². The number of carbonyl (C=O) groups excluding carboxylic acids is 3. The molecule has 0 N–H and O–H groups in total. The van der Waals surface area contributed by atoms with E-state index in [-0.39, 0.29) is 12.3 Å². The summed E-state index contributed by atoms with van der Waals surface area (Å²) in [7, 11) is 0. The minimum absolute atomic E-state index is 0.221. The summed E-state index contributed by atoms with van der Waals surface area (Å²) in [6.45, 7) is 3.20. The molecule has 0 saturated heterocycles. The van der Waals surface area contributed by atoms with E-state index in [1.807, 2.05) is 30.3 Å². The zero-order chi connectivity index (χ0) is 24.7. The van der Waals surface area contributed by atoms with E-state index in [9.17, 15) is 14.4 Å². The van der Waals surface area contributed by atoms with Crippen molar-refractivity contribution in [1.29, 1.82) is 0 Å². The van der Waals surface area contributed by atoms with Gasteiger partial charge in [-0.2, -0.15) is 0 Å². The average molecular weight is 488 g/mol. The summed E-state index contributed by atoms with van der Waals surface area (Å²) >= 11 is 6.12. The highest BCUT2D eigenvalue weighted by Gasteiger charge is 2.66. The summed E-state index contributed by atoms with van der Waals surface area (Å²) in [6, 6.07) is 23.3. The third kappa shape index (κ3) is 3.61. The predicted molar refractivity (Wildman–Crippen MR) is 130 cm³/mol. The molecule has 2 aliphatic rings. The number of hydrogen-bond donors (Lipinski definition) is 0. The quantitative estimate of drug-likeness (QED) is 0.283. The summed E-state index contributed by atoms with van der Waals surface area (Å²) in [4.78, 5) is 41.8. The first-order valence-electron chi connectivity index (χ1n) is 11.2. The first-order chi connectivity index (χ1) is 16.8. The number of nitrogens with zero attached hydrogens (tertiary/aromatic N) is 1. The molecule has 2 heterocycles. The highest BCUT2D eigenvalue weighted by Crippen LogP contribution is 2.57. The molecule has 1 amide bonds. The van der Waals surface area contributed by atoms with Gasteiger partial charge in [0.2, 0.25) is 5.41 Å². The molecule has 0 fully saturated rings. The molecule has 5 rings (SSSR count). The molecule has 35 heavy (non-hydrogen) atoms. The van der Waals surface area contributed by atoms with E-state index in [2.05, 4.69) is 0 Å². The molecule has 7 heteroatoms. The molecule has 2 aliphatic heterocycles. The van der Waals surface area contributed by atoms with Crippen molar-refractivity contribution >= 4 is 35.1 Å². The molecule has 0 saturated carbocycles. The van der Waals surface area contributed by atoms with Crippen LogP contribution in [0.2, 0.25) is 5.02 Å². The van der Waals surface area contributed by atoms with Crippen LogP contribution in [0.3, 0.4) is 0 Å². The van der Waals surface area contributed by atoms with Crippen molar-refractivity contribution in [3.63, 3.8) is 0 Å². The molecule has 0 aliphatic carbocycles. The van der Waals surface area contributed by atoms with Crippen molar-refractivity contribution in [2.24, 2.45) is 5.41 Å². The van der Waals surface area contributed by atoms with Gasteiger partial charge in [0, 0.05) is 17.5 Å². The number of ether oxygens (including phenoxy) is 2. The van der Waals surface area contributed by atoms with Crippen LogP contribution in [0.25, 0.3) is 5.70 Å². The van der Waals surface area contributed by atoms with E-state index in [1.165, 1.54) is 6.92 Å². The maximum atomic E-state index is 14.3. The van der Waals surface area contributed by atoms with Gasteiger partial charge in [-0.15, -0.1) is 0 Å². The van der Waals surface area contributed by atoms with Gasteiger partial charge in [-0.1, -0.05) is 72.3 Å². The molecule has 176 valence electrons. The fourth-order valence-electron chi connectivity index (χ4n) is 4.94. The number of benzene rings is 3. The molecule has 0 bridgehead atoms. The monoisotopic (exact) mass is 487 g/mol. The van der Waals surface area contributed by atoms with Crippen LogP contribution in [0, 0.1) is 5.41 Å². The van der Waals surface area contributed by atoms with Crippen molar-refractivity contribution in [3.8, 4) is 5.75 Å². The predicted octanol–water partition coefficient (Wildman–Crippen LogP) is 5.32. The largest absolute Gasteiger partial charge is 0.455 e. The van der Waals surface area contributed by atoms with Gasteiger partial charge < -0.3 is 14.4 Å². The van der Waals surface area contributed by atoms with E-state index in [0.29, 0.717) is 27.4 Å². The minimum Gasteiger partial charge on any atom is -0.455 e. The molecular weight excluding hydrogens is 466 g/mol. The third-order valence-corrected chi connectivity index (χ3v) is 6.76. The lowest BCUT2D eigenvalue weighted by Crippen LogP contribution is -2.52. The SMILES string of the molecule is CC(=O)O[C@H]1c2ccccc2OC(=O)[C@@]12C(=O)N(Cc1ccccc1)C(c1ccc(Cl)cc1)=C2C. The summed E-state index contributed by atoms with van der Waals surface area (Å²) in [5.41, 5.74) is 1.21. The fraction of sp³-hybridized carbons (Fsp3) is 0.179. The lowest BCUT2D eigenvalue weighted by Gasteiger charge is -2.38. The first kappa shape index (κ1) is 22.9. The standard InChI is InChI=1S/C28H22ClNO5/c1-17-24(20-12-14-21(29)15-13-20)30(16-19-8-4-3-5-9-19)26(32)28(17)25(34-18(2)31)22-10-6-7-11-23(22)35-27(28)33/h3-15,25H,16H2,1-2H3/t25-,28+/m0/s1. The van der Waals surface area contributed by atoms with Gasteiger partial charge >= 0.3 is 11.9 Å². The number of hydrogen-bond acceptors (Lipinski definition) is 5. The number of halogens is 1. The lowest BCUT2D eigenvalue weighted by molar-refractivity contribution is -0.172. The second kappa shape index (κ2) is 8.71. The van der Waals surface area contributed by atoms with Gasteiger partial charge in [0.1, 0.15) is 5.75 Å². The third-order valence-electron chi connectivity index (χ3n) is 6.50. The molecule has 3 aromatic rings. The Labute approximate surface area is 207 Å². The number of esters is 2. The molecule has 1 spiro atoms. The molecule has 3 aromatic carbocycles. The average Bonchev–Trinajstić information content (AvgIpc) is 3.05. The normalized spacial score (nSPS) is 21.2. The van der Waals surface area contributed by atoms with Crippen LogP contribution in [-0.4, -0.2) is 22.7 Å². The highest BCUT2D eigenvalue weighted by atomic mass is 35.5. The van der Waals surface area contributed by atoms with Crippen LogP contribution in [-0.2, 0) is 25.7 Å². The Morgan fingerprint density at radius 3 is 2.34 bits per heavy atom. The fourth-order valence-corrected chi connectivity index (χ4v) is 5.06. The van der Waals surface area contributed by atoms with Crippen LogP contribution in [0.15, 0.2) is 84.4 Å². The molecule has 0 radical (unpaired) electrons. The van der Waals surface area contributed by atoms with Crippen molar-refractivity contribution in [3.05, 3.63) is 106 Å². The van der Waals surface area contributed by atoms with Crippen molar-refractivity contribution in [1.82, 2.24) is 4.90 Å². The van der Waals surface area contributed by atoms with E-state index >= 15 is 0 Å². The topological polar surface area (TPSA) is 72.9 Å². The van der Waals surface area contributed by atoms with Gasteiger partial charge in [-0.25, -0.2) is 4.79 Å². The summed E-state index contributed by atoms with van der Waals surface area (Å²) in [5, 5.41) is 0.546. The van der Waals surface area contributed by atoms with E-state index < -0.39 is 29.4 Å². The lowest BCUT2D eigenvalue weighted by atomic mass is 9.71. The second-order valence-electron chi connectivity index (χ2n) is 8.58. The van der Waals surface area contributed by atoms with Gasteiger partial charge in [0.15, 0.2) is 6.10 Å². The van der Waals surface area contributed by atoms with E-state index in [4.69, 9.17) is 21.1 Å². The number of rotatable bonds is 4. The Morgan fingerprint density at radius 1 is 1.00 bits per heavy atom. The molecule has 0 aromatic heterocycles. The van der Waals surface area contributed by atoms with Crippen LogP contribution in [0.1, 0.15) is 36.6 Å². The van der Waals surface area contributed by atoms with Crippen molar-refractivity contribution in [2.75, 3.05) is 0 Å². The molecule has 2 atom stereocenters. The Hall–Kier alpha value is -3.90. The number of fused-ring (bicyclic) bond motifs is 1. The molecule has 0 unspecified atom stereocenters. The number of amides is 1. The second-order valence-corrected chi connectivity index (χ2v) is 9.02. The van der Waals surface area contributed by atoms with Crippen LogP contribution in [0.4, 0.5) is 0 Å². The first-order valence-corrected chi connectivity index (χ1v) is 11.5. The van der Waals surface area contributed by atoms with Crippen LogP contribution >= 0.6 is 11.6 Å².